The van der Waals surface area contributed by atoms with Gasteiger partial charge >= 0.3 is 70.2 Å². The molecule has 0 radical (unpaired) electrons. The molecule has 29 nitrogen and oxygen atoms in total. The third-order valence-corrected chi connectivity index (χ3v) is 15.6. The number of alkyl carbamates (subject to hydrolysis) is 2. The van der Waals surface area contributed by atoms with Crippen molar-refractivity contribution in [2.45, 2.75) is 299 Å². The van der Waals surface area contributed by atoms with Gasteiger partial charge in [0.15, 0.2) is 0 Å². The predicted molar refractivity (Wildman–Crippen MR) is 378 cm³/mol. The number of amides is 2. The maximum atomic E-state index is 13.4. The number of carbonyl (C=O) groups is 9. The molecule has 2 heterocycles. The van der Waals surface area contributed by atoms with E-state index in [-0.39, 0.29) is 89.6 Å². The zero-order valence-electron chi connectivity index (χ0n) is 59.5. The number of ketones is 3. The highest BCUT2D eigenvalue weighted by atomic mass is 16.7. The van der Waals surface area contributed by atoms with Crippen molar-refractivity contribution in [3.8, 4) is 0 Å². The van der Waals surface area contributed by atoms with Gasteiger partial charge in [0.2, 0.25) is 12.6 Å². The molecule has 2 unspecified atom stereocenters. The second kappa shape index (κ2) is 56.2. The summed E-state index contributed by atoms with van der Waals surface area (Å²) in [6.45, 7) is 19.1. The minimum atomic E-state index is -1.07. The zero-order chi connectivity index (χ0) is 73.8. The summed E-state index contributed by atoms with van der Waals surface area (Å²) in [7, 11) is 0. The monoisotopic (exact) mass is 1420 g/mol. The fraction of sp³-hybridized carbons (Fsp3) is 0.704. The standard InChI is InChI=1S/C37H58N4O12.C33H54N4O9.CH4/c1-5-31(43)50-27-28-51-33(45)22-16-10-8-13-19-25-40-35(47)39(24-18-12-7-9-15-21-29(3)42)36(48)41(37(40)49)26-20-14-11-17-23-38-34(46)53-30(4)52-32(44)6-2;1-5-29(40)45-28(4)46-30(41)34-22-16-10-13-19-25-37-32(43)35(23-17-11-6-8-14-20-26(2)38)31(42)36(33(37)44)24-18-12-7-9-15-21-27(3)39;/h5-6,30H,1-2,7-28H2,3-4H3,(H,38,46);5,28H,1,6-25H2,2-4H3,(H,34,41);1H4. The van der Waals surface area contributed by atoms with Crippen molar-refractivity contribution in [1.82, 2.24) is 38.0 Å². The molecule has 0 saturated heterocycles. The number of nitrogens with zero attached hydrogens (tertiary/aromatic N) is 6. The Hall–Kier alpha value is -8.53. The Morgan fingerprint density at radius 3 is 0.820 bits per heavy atom. The zero-order valence-corrected chi connectivity index (χ0v) is 59.5. The summed E-state index contributed by atoms with van der Waals surface area (Å²) in [6.07, 6.45) is 21.7. The Morgan fingerprint density at radius 2 is 0.560 bits per heavy atom. The first-order chi connectivity index (χ1) is 47.4. The third-order valence-electron chi connectivity index (χ3n) is 15.6. The van der Waals surface area contributed by atoms with Crippen LogP contribution in [-0.4, -0.2) is 120 Å². The van der Waals surface area contributed by atoms with E-state index < -0.39 is 76.8 Å². The Balaban J connectivity index is 0.00000196. The smallest absolute Gasteiger partial charge is 0.410 e. The van der Waals surface area contributed by atoms with Crippen LogP contribution in [0.15, 0.2) is 66.7 Å². The first kappa shape index (κ1) is 91.5. The van der Waals surface area contributed by atoms with Gasteiger partial charge < -0.3 is 53.4 Å². The van der Waals surface area contributed by atoms with Crippen LogP contribution in [0.1, 0.15) is 248 Å². The molecule has 29 heteroatoms. The molecule has 0 aliphatic heterocycles. The summed E-state index contributed by atoms with van der Waals surface area (Å²) < 4.78 is 36.1. The number of Topliss-reactive ketones (excluding diaryl/α,β-unsaturated/α-hetero) is 3. The average Bonchev–Trinajstić information content (AvgIpc) is 0.796. The van der Waals surface area contributed by atoms with Crippen molar-refractivity contribution in [2.24, 2.45) is 0 Å². The van der Waals surface area contributed by atoms with Gasteiger partial charge in [0.25, 0.3) is 0 Å². The molecule has 0 bridgehead atoms. The molecule has 2 aromatic rings. The van der Waals surface area contributed by atoms with E-state index in [9.17, 15) is 71.9 Å². The number of carbonyl (C=O) groups excluding carboxylic acids is 9. The van der Waals surface area contributed by atoms with Crippen molar-refractivity contribution in [1.29, 1.82) is 0 Å². The lowest BCUT2D eigenvalue weighted by atomic mass is 10.1. The normalized spacial score (nSPS) is 11.3. The third kappa shape index (κ3) is 42.4. The number of hydrogen-bond acceptors (Lipinski definition) is 21. The van der Waals surface area contributed by atoms with Crippen molar-refractivity contribution in [2.75, 3.05) is 26.3 Å². The van der Waals surface area contributed by atoms with Crippen LogP contribution in [0, 0.1) is 0 Å². The van der Waals surface area contributed by atoms with Gasteiger partial charge in [-0.1, -0.05) is 130 Å². The first-order valence-electron chi connectivity index (χ1n) is 35.3. The molecule has 0 aliphatic rings. The van der Waals surface area contributed by atoms with E-state index in [1.165, 1.54) is 23.0 Å². The molecule has 2 amide bonds. The summed E-state index contributed by atoms with van der Waals surface area (Å²) in [6, 6.07) is 0. The minimum Gasteiger partial charge on any atom is -0.462 e. The Labute approximate surface area is 587 Å². The van der Waals surface area contributed by atoms with Crippen LogP contribution in [0.25, 0.3) is 0 Å². The molecule has 0 aliphatic carbocycles. The van der Waals surface area contributed by atoms with E-state index in [1.54, 1.807) is 20.8 Å². The Bertz CT molecular complexity index is 3160. The van der Waals surface area contributed by atoms with Crippen molar-refractivity contribution in [3.63, 3.8) is 0 Å². The number of aromatic nitrogens is 6. The first-order valence-corrected chi connectivity index (χ1v) is 35.3. The van der Waals surface area contributed by atoms with E-state index in [0.717, 1.165) is 133 Å². The number of nitrogens with one attached hydrogen (secondary N) is 2. The SMILES string of the molecule is C.C=CC(=O)OC(C)OC(=O)NCCCCCCn1c(=O)n(CCCCCCCC(C)=O)c(=O)n(CCCCCCCC(C)=O)c1=O.C=CC(=O)OCCOC(=O)CCCCCCCn1c(=O)n(CCCCCCCC(C)=O)c(=O)n(CCCCCCNC(=O)OC(C)OC(=O)C=C)c1=O. The van der Waals surface area contributed by atoms with Gasteiger partial charge in [-0.15, -0.1) is 0 Å². The topological polar surface area (TPSA) is 365 Å². The van der Waals surface area contributed by atoms with E-state index in [2.05, 4.69) is 30.4 Å². The van der Waals surface area contributed by atoms with Gasteiger partial charge in [0, 0.05) is 110 Å². The van der Waals surface area contributed by atoms with Gasteiger partial charge in [0.1, 0.15) is 30.6 Å². The molecule has 2 aromatic heterocycles. The highest BCUT2D eigenvalue weighted by molar-refractivity contribution is 5.82. The van der Waals surface area contributed by atoms with Crippen LogP contribution in [0.2, 0.25) is 0 Å². The number of hydrogen-bond donors (Lipinski definition) is 2. The highest BCUT2D eigenvalue weighted by Gasteiger charge is 2.19. The van der Waals surface area contributed by atoms with E-state index in [0.29, 0.717) is 116 Å². The number of ether oxygens (including phenoxy) is 6. The molecule has 0 saturated carbocycles. The van der Waals surface area contributed by atoms with Gasteiger partial charge in [-0.05, 0) is 97.8 Å². The van der Waals surface area contributed by atoms with Gasteiger partial charge in [-0.3, -0.25) is 4.79 Å². The predicted octanol–water partition coefficient (Wildman–Crippen LogP) is 9.10. The van der Waals surface area contributed by atoms with Crippen molar-refractivity contribution in [3.05, 3.63) is 101 Å². The lowest BCUT2D eigenvalue weighted by Crippen LogP contribution is -2.54. The maximum absolute atomic E-state index is 13.4. The number of rotatable bonds is 56. The molecule has 566 valence electrons. The van der Waals surface area contributed by atoms with Crippen LogP contribution in [0.3, 0.4) is 0 Å². The number of esters is 4. The van der Waals surface area contributed by atoms with Crippen LogP contribution in [0.4, 0.5) is 9.59 Å². The summed E-state index contributed by atoms with van der Waals surface area (Å²) in [4.78, 5) is 182. The molecule has 0 spiro atoms. The fourth-order valence-electron chi connectivity index (χ4n) is 10.3. The average molecular weight is 1420 g/mol. The van der Waals surface area contributed by atoms with Crippen LogP contribution >= 0.6 is 0 Å². The van der Waals surface area contributed by atoms with Crippen molar-refractivity contribution >= 4 is 53.4 Å². The van der Waals surface area contributed by atoms with Crippen LogP contribution in [-0.2, 0) is 101 Å². The second-order valence-corrected chi connectivity index (χ2v) is 24.3. The van der Waals surface area contributed by atoms with Crippen LogP contribution in [0.5, 0.6) is 0 Å². The fourth-order valence-corrected chi connectivity index (χ4v) is 10.3. The molecular weight excluding hydrogens is 1300 g/mol. The van der Waals surface area contributed by atoms with Crippen LogP contribution < -0.4 is 44.8 Å². The molecule has 2 N–H and O–H groups in total. The van der Waals surface area contributed by atoms with E-state index in [1.807, 2.05) is 0 Å². The minimum absolute atomic E-state index is 0. The van der Waals surface area contributed by atoms with E-state index in [4.69, 9.17) is 28.4 Å². The molecule has 2 atom stereocenters. The second-order valence-electron chi connectivity index (χ2n) is 24.3. The quantitative estimate of drug-likeness (QED) is 0.0205. The summed E-state index contributed by atoms with van der Waals surface area (Å²) in [5.74, 6) is -1.89. The molecule has 100 heavy (non-hydrogen) atoms. The summed E-state index contributed by atoms with van der Waals surface area (Å²) in [5, 5.41) is 5.15. The van der Waals surface area contributed by atoms with Gasteiger partial charge in [-0.25, -0.2) is 80.1 Å². The lowest BCUT2D eigenvalue weighted by molar-refractivity contribution is -0.159. The highest BCUT2D eigenvalue weighted by Crippen LogP contribution is 2.11. The molecule has 0 aromatic carbocycles. The molecule has 0 fully saturated rings. The van der Waals surface area contributed by atoms with Crippen molar-refractivity contribution < 1.29 is 71.6 Å². The lowest BCUT2D eigenvalue weighted by Gasteiger charge is -2.14. The Kier molecular flexibility index (Phi) is 51.4. The largest absolute Gasteiger partial charge is 0.462 e. The molecule has 2 rings (SSSR count). The maximum Gasteiger partial charge on any atom is 0.410 e. The van der Waals surface area contributed by atoms with E-state index >= 15 is 0 Å². The summed E-state index contributed by atoms with van der Waals surface area (Å²) in [5.41, 5.74) is -3.66. The van der Waals surface area contributed by atoms with Gasteiger partial charge in [-0.2, -0.15) is 0 Å². The summed E-state index contributed by atoms with van der Waals surface area (Å²) >= 11 is 0. The number of unbranched alkanes of at least 4 members (excludes halogenated alkanes) is 22. The van der Waals surface area contributed by atoms with Gasteiger partial charge in [0.05, 0.1) is 0 Å². The Morgan fingerprint density at radius 1 is 0.330 bits per heavy atom. The molecular formula is C71H116N8O21.